The number of isocyanates is 2. The Morgan fingerprint density at radius 3 is 1.57 bits per heavy atom. The van der Waals surface area contributed by atoms with E-state index in [4.69, 9.17) is 0 Å². The molecule has 0 unspecified atom stereocenters. The summed E-state index contributed by atoms with van der Waals surface area (Å²) in [7, 11) is 0. The molecule has 0 amide bonds. The van der Waals surface area contributed by atoms with Crippen molar-refractivity contribution in [1.82, 2.24) is 0 Å². The zero-order chi connectivity index (χ0) is 15.7. The topological polar surface area (TPSA) is 58.9 Å². The number of carbonyl (C=O) groups excluding carboxylic acids is 2. The van der Waals surface area contributed by atoms with Crippen LogP contribution >= 0.6 is 0 Å². The number of benzene rings is 1. The molecule has 0 saturated heterocycles. The predicted octanol–water partition coefficient (Wildman–Crippen LogP) is 4.48. The van der Waals surface area contributed by atoms with E-state index in [2.05, 4.69) is 30.8 Å². The minimum Gasteiger partial charge on any atom is -0.211 e. The third-order valence-electron chi connectivity index (χ3n) is 3.38. The van der Waals surface area contributed by atoms with Crippen molar-refractivity contribution in [2.45, 2.75) is 59.3 Å². The maximum Gasteiger partial charge on any atom is 0.240 e. The highest BCUT2D eigenvalue weighted by atomic mass is 16.1. The average Bonchev–Trinajstić information content (AvgIpc) is 2.47. The lowest BCUT2D eigenvalue weighted by molar-refractivity contribution is 0.564. The number of aliphatic imine (C=N–C) groups is 2. The van der Waals surface area contributed by atoms with Crippen molar-refractivity contribution in [2.24, 2.45) is 9.98 Å². The van der Waals surface area contributed by atoms with Gasteiger partial charge in [0.2, 0.25) is 12.2 Å². The SMILES string of the molecule is CCCc1cc(CCC)c(N=C=O)c(CCC)c1N=C=O. The van der Waals surface area contributed by atoms with E-state index in [0.29, 0.717) is 11.4 Å². The third kappa shape index (κ3) is 4.22. The standard InChI is InChI=1S/C17H22N2O2/c1-4-7-13-10-14(8-5-2)17(19-12-21)15(9-6-3)16(13)18-11-20/h10H,4-9H2,1-3H3. The van der Waals surface area contributed by atoms with E-state index in [9.17, 15) is 9.59 Å². The fourth-order valence-electron chi connectivity index (χ4n) is 2.62. The van der Waals surface area contributed by atoms with E-state index in [1.54, 1.807) is 12.2 Å². The molecule has 0 heterocycles. The number of aryl methyl sites for hydroxylation is 2. The molecule has 1 aromatic carbocycles. The Labute approximate surface area is 126 Å². The molecule has 0 atom stereocenters. The van der Waals surface area contributed by atoms with Gasteiger partial charge >= 0.3 is 0 Å². The average molecular weight is 286 g/mol. The molecule has 0 bridgehead atoms. The van der Waals surface area contributed by atoms with Gasteiger partial charge in [0.25, 0.3) is 0 Å². The molecule has 21 heavy (non-hydrogen) atoms. The molecular formula is C17H22N2O2. The minimum atomic E-state index is 0.641. The molecule has 0 saturated carbocycles. The molecule has 0 aliphatic carbocycles. The quantitative estimate of drug-likeness (QED) is 0.522. The van der Waals surface area contributed by atoms with Crippen molar-refractivity contribution in [3.8, 4) is 0 Å². The fraction of sp³-hybridized carbons (Fsp3) is 0.529. The van der Waals surface area contributed by atoms with Crippen LogP contribution in [0.1, 0.15) is 56.7 Å². The summed E-state index contributed by atoms with van der Waals surface area (Å²) in [6.45, 7) is 6.23. The first-order valence-corrected chi connectivity index (χ1v) is 7.56. The fourth-order valence-corrected chi connectivity index (χ4v) is 2.62. The second kappa shape index (κ2) is 9.02. The highest BCUT2D eigenvalue weighted by molar-refractivity contribution is 5.72. The zero-order valence-corrected chi connectivity index (χ0v) is 13.0. The molecule has 0 fully saturated rings. The Kier molecular flexibility index (Phi) is 7.31. The molecule has 1 rings (SSSR count). The molecule has 112 valence electrons. The van der Waals surface area contributed by atoms with Gasteiger partial charge in [-0.1, -0.05) is 46.1 Å². The number of hydrogen-bond donors (Lipinski definition) is 0. The van der Waals surface area contributed by atoms with Crippen LogP contribution in [0.4, 0.5) is 11.4 Å². The highest BCUT2D eigenvalue weighted by Gasteiger charge is 2.17. The maximum atomic E-state index is 10.8. The van der Waals surface area contributed by atoms with Crippen LogP contribution in [0, 0.1) is 0 Å². The van der Waals surface area contributed by atoms with E-state index >= 15 is 0 Å². The van der Waals surface area contributed by atoms with Gasteiger partial charge in [-0.15, -0.1) is 0 Å². The van der Waals surface area contributed by atoms with E-state index < -0.39 is 0 Å². The molecule has 1 aromatic rings. The molecule has 0 aromatic heterocycles. The molecule has 4 heteroatoms. The molecule has 4 nitrogen and oxygen atoms in total. The van der Waals surface area contributed by atoms with Gasteiger partial charge in [-0.2, -0.15) is 9.98 Å². The summed E-state index contributed by atoms with van der Waals surface area (Å²) in [5.41, 5.74) is 4.24. The number of nitrogens with zero attached hydrogens (tertiary/aromatic N) is 2. The van der Waals surface area contributed by atoms with Crippen LogP contribution in [0.3, 0.4) is 0 Å². The van der Waals surface area contributed by atoms with Crippen LogP contribution < -0.4 is 0 Å². The van der Waals surface area contributed by atoms with Gasteiger partial charge in [0.05, 0.1) is 11.4 Å². The van der Waals surface area contributed by atoms with Gasteiger partial charge in [0.1, 0.15) is 0 Å². The lowest BCUT2D eigenvalue weighted by Gasteiger charge is -2.16. The molecule has 0 aliphatic heterocycles. The Bertz CT molecular complexity index is 535. The van der Waals surface area contributed by atoms with Gasteiger partial charge in [0.15, 0.2) is 0 Å². The summed E-state index contributed by atoms with van der Waals surface area (Å²) in [5, 5.41) is 0. The molecule has 0 N–H and O–H groups in total. The largest absolute Gasteiger partial charge is 0.240 e. The minimum absolute atomic E-state index is 0.641. The smallest absolute Gasteiger partial charge is 0.211 e. The van der Waals surface area contributed by atoms with Gasteiger partial charge in [-0.3, -0.25) is 0 Å². The maximum absolute atomic E-state index is 10.8. The summed E-state index contributed by atoms with van der Waals surface area (Å²) in [6.07, 6.45) is 8.53. The van der Waals surface area contributed by atoms with Crippen molar-refractivity contribution in [2.75, 3.05) is 0 Å². The lowest BCUT2D eigenvalue weighted by Crippen LogP contribution is -1.98. The van der Waals surface area contributed by atoms with E-state index in [1.165, 1.54) is 0 Å². The van der Waals surface area contributed by atoms with Crippen molar-refractivity contribution in [3.63, 3.8) is 0 Å². The van der Waals surface area contributed by atoms with E-state index in [0.717, 1.165) is 55.2 Å². The first kappa shape index (κ1) is 17.0. The second-order valence-corrected chi connectivity index (χ2v) is 5.03. The lowest BCUT2D eigenvalue weighted by atomic mass is 9.93. The first-order valence-electron chi connectivity index (χ1n) is 7.56. The number of rotatable bonds is 8. The Balaban J connectivity index is 3.68. The van der Waals surface area contributed by atoms with Crippen LogP contribution in [-0.2, 0) is 28.9 Å². The zero-order valence-electron chi connectivity index (χ0n) is 13.0. The number of hydrogen-bond acceptors (Lipinski definition) is 4. The molecule has 0 aliphatic rings. The first-order chi connectivity index (χ1) is 10.2. The third-order valence-corrected chi connectivity index (χ3v) is 3.38. The van der Waals surface area contributed by atoms with Gasteiger partial charge < -0.3 is 0 Å². The normalized spacial score (nSPS) is 9.86. The Hall–Kier alpha value is -2.02. The van der Waals surface area contributed by atoms with Crippen molar-refractivity contribution in [3.05, 3.63) is 22.8 Å². The van der Waals surface area contributed by atoms with Crippen LogP contribution in [0.25, 0.3) is 0 Å². The van der Waals surface area contributed by atoms with Gasteiger partial charge in [-0.25, -0.2) is 9.59 Å². The summed E-state index contributed by atoms with van der Waals surface area (Å²) < 4.78 is 0. The van der Waals surface area contributed by atoms with Crippen LogP contribution in [-0.4, -0.2) is 12.2 Å². The van der Waals surface area contributed by atoms with Crippen molar-refractivity contribution < 1.29 is 9.59 Å². The second-order valence-electron chi connectivity index (χ2n) is 5.03. The monoisotopic (exact) mass is 286 g/mol. The van der Waals surface area contributed by atoms with Crippen LogP contribution in [0.5, 0.6) is 0 Å². The summed E-state index contributed by atoms with van der Waals surface area (Å²) >= 11 is 0. The summed E-state index contributed by atoms with van der Waals surface area (Å²) in [5.74, 6) is 0. The highest BCUT2D eigenvalue weighted by Crippen LogP contribution is 2.38. The van der Waals surface area contributed by atoms with E-state index in [1.807, 2.05) is 6.07 Å². The molecular weight excluding hydrogens is 264 g/mol. The van der Waals surface area contributed by atoms with Crippen molar-refractivity contribution in [1.29, 1.82) is 0 Å². The van der Waals surface area contributed by atoms with Gasteiger partial charge in [0, 0.05) is 5.56 Å². The Morgan fingerprint density at radius 1 is 0.810 bits per heavy atom. The van der Waals surface area contributed by atoms with Gasteiger partial charge in [-0.05, 0) is 30.4 Å². The van der Waals surface area contributed by atoms with E-state index in [-0.39, 0.29) is 0 Å². The summed E-state index contributed by atoms with van der Waals surface area (Å²) in [6, 6.07) is 2.03. The van der Waals surface area contributed by atoms with Crippen molar-refractivity contribution >= 4 is 23.5 Å². The van der Waals surface area contributed by atoms with Crippen LogP contribution in [0.15, 0.2) is 16.1 Å². The Morgan fingerprint density at radius 2 is 1.24 bits per heavy atom. The predicted molar refractivity (Wildman–Crippen MR) is 84.0 cm³/mol. The van der Waals surface area contributed by atoms with Crippen LogP contribution in [0.2, 0.25) is 0 Å². The molecule has 0 spiro atoms. The summed E-state index contributed by atoms with van der Waals surface area (Å²) in [4.78, 5) is 29.3. The molecule has 0 radical (unpaired) electrons.